The minimum atomic E-state index is -4.70. The van der Waals surface area contributed by atoms with E-state index in [0.717, 1.165) is 24.4 Å². The monoisotopic (exact) mass is 442 g/mol. The smallest absolute Gasteiger partial charge is 0.360 e. The zero-order chi connectivity index (χ0) is 23.0. The van der Waals surface area contributed by atoms with E-state index in [2.05, 4.69) is 9.97 Å². The molecule has 0 aliphatic rings. The molecule has 8 nitrogen and oxygen atoms in total. The molecule has 4 rings (SSSR count). The van der Waals surface area contributed by atoms with E-state index in [1.54, 1.807) is 18.2 Å². The summed E-state index contributed by atoms with van der Waals surface area (Å²) in [6, 6.07) is 9.50. The van der Waals surface area contributed by atoms with Crippen LogP contribution >= 0.6 is 0 Å². The maximum atomic E-state index is 13.1. The molecule has 0 radical (unpaired) electrons. The van der Waals surface area contributed by atoms with E-state index in [1.807, 2.05) is 10.9 Å². The van der Waals surface area contributed by atoms with Gasteiger partial charge in [-0.05, 0) is 24.3 Å². The van der Waals surface area contributed by atoms with Gasteiger partial charge in [-0.1, -0.05) is 18.2 Å². The lowest BCUT2D eigenvalue weighted by atomic mass is 10.1. The SMILES string of the molecule is O=C(NNC(=O)c1c[nH]c2c(C(F)(F)F)cccc2c1=O)c1c[nH]c2ccccc2c1=O. The van der Waals surface area contributed by atoms with Crippen LogP contribution in [-0.2, 0) is 6.18 Å². The van der Waals surface area contributed by atoms with Crippen LogP contribution in [0.15, 0.2) is 64.4 Å². The van der Waals surface area contributed by atoms with Crippen LogP contribution in [0, 0.1) is 0 Å². The van der Waals surface area contributed by atoms with Crippen LogP contribution in [0.25, 0.3) is 21.8 Å². The van der Waals surface area contributed by atoms with Gasteiger partial charge in [0.2, 0.25) is 10.9 Å². The average Bonchev–Trinajstić information content (AvgIpc) is 2.77. The molecule has 0 aliphatic carbocycles. The fourth-order valence-electron chi connectivity index (χ4n) is 3.24. The molecule has 32 heavy (non-hydrogen) atoms. The van der Waals surface area contributed by atoms with E-state index < -0.39 is 45.5 Å². The van der Waals surface area contributed by atoms with Gasteiger partial charge >= 0.3 is 6.18 Å². The minimum absolute atomic E-state index is 0.262. The molecule has 0 saturated heterocycles. The van der Waals surface area contributed by atoms with Crippen molar-refractivity contribution in [1.82, 2.24) is 20.8 Å². The zero-order valence-corrected chi connectivity index (χ0v) is 16.0. The molecule has 4 N–H and O–H groups in total. The van der Waals surface area contributed by atoms with E-state index in [1.165, 1.54) is 12.3 Å². The molecular formula is C21H13F3N4O4. The van der Waals surface area contributed by atoms with Crippen LogP contribution in [0.5, 0.6) is 0 Å². The highest BCUT2D eigenvalue weighted by Gasteiger charge is 2.33. The highest BCUT2D eigenvalue weighted by Crippen LogP contribution is 2.32. The van der Waals surface area contributed by atoms with Gasteiger partial charge < -0.3 is 9.97 Å². The summed E-state index contributed by atoms with van der Waals surface area (Å²) in [5.74, 6) is -2.02. The Hall–Kier alpha value is -4.41. The molecule has 11 heteroatoms. The number of amides is 2. The Labute approximate surface area is 176 Å². The van der Waals surface area contributed by atoms with Gasteiger partial charge in [-0.15, -0.1) is 0 Å². The van der Waals surface area contributed by atoms with Gasteiger partial charge in [0, 0.05) is 28.7 Å². The third-order valence-electron chi connectivity index (χ3n) is 4.79. The summed E-state index contributed by atoms with van der Waals surface area (Å²) in [4.78, 5) is 54.8. The second-order valence-electron chi connectivity index (χ2n) is 6.74. The molecule has 0 bridgehead atoms. The molecule has 162 valence electrons. The second kappa shape index (κ2) is 7.69. The van der Waals surface area contributed by atoms with Crippen LogP contribution < -0.4 is 21.7 Å². The normalized spacial score (nSPS) is 11.5. The number of hydrogen-bond donors (Lipinski definition) is 4. The average molecular weight is 442 g/mol. The number of aromatic amines is 2. The van der Waals surface area contributed by atoms with Crippen LogP contribution in [0.1, 0.15) is 26.3 Å². The molecule has 2 aromatic heterocycles. The van der Waals surface area contributed by atoms with E-state index >= 15 is 0 Å². The standard InChI is InChI=1S/C21H13F3N4O4/c22-21(23,24)14-6-3-5-11-16(14)26-9-13(18(11)30)20(32)28-27-19(31)12-8-25-15-7-2-1-4-10(15)17(12)29/h1-9H,(H,25,29)(H,26,30)(H,27,31)(H,28,32). The van der Waals surface area contributed by atoms with Gasteiger partial charge in [-0.2, -0.15) is 13.2 Å². The van der Waals surface area contributed by atoms with Crippen LogP contribution in [0.4, 0.5) is 13.2 Å². The number of rotatable bonds is 2. The lowest BCUT2D eigenvalue weighted by Crippen LogP contribution is -2.44. The Kier molecular flexibility index (Phi) is 5.01. The summed E-state index contributed by atoms with van der Waals surface area (Å²) < 4.78 is 39.4. The number of H-pyrrole nitrogens is 2. The lowest BCUT2D eigenvalue weighted by Gasteiger charge is -2.11. The molecule has 2 amide bonds. The Morgan fingerprint density at radius 1 is 0.750 bits per heavy atom. The fraction of sp³-hybridized carbons (Fsp3) is 0.0476. The van der Waals surface area contributed by atoms with Crippen molar-refractivity contribution in [3.05, 3.63) is 92.0 Å². The number of hydrogen-bond acceptors (Lipinski definition) is 4. The predicted molar refractivity (Wildman–Crippen MR) is 109 cm³/mol. The number of alkyl halides is 3. The summed E-state index contributed by atoms with van der Waals surface area (Å²) in [5, 5.41) is -0.0808. The Morgan fingerprint density at radius 2 is 1.31 bits per heavy atom. The number of hydrazine groups is 1. The van der Waals surface area contributed by atoms with Gasteiger partial charge in [0.25, 0.3) is 11.8 Å². The lowest BCUT2D eigenvalue weighted by molar-refractivity contribution is -0.136. The number of para-hydroxylation sites is 2. The fourth-order valence-corrected chi connectivity index (χ4v) is 3.24. The number of aromatic nitrogens is 2. The number of fused-ring (bicyclic) bond motifs is 2. The first-order chi connectivity index (χ1) is 15.2. The largest absolute Gasteiger partial charge is 0.418 e. The number of halogens is 3. The highest BCUT2D eigenvalue weighted by molar-refractivity contribution is 6.01. The summed E-state index contributed by atoms with van der Waals surface area (Å²) >= 11 is 0. The van der Waals surface area contributed by atoms with Crippen molar-refractivity contribution in [2.75, 3.05) is 0 Å². The summed E-state index contributed by atoms with van der Waals surface area (Å²) in [5.41, 5.74) is 0.665. The van der Waals surface area contributed by atoms with Gasteiger partial charge in [0.1, 0.15) is 11.1 Å². The molecule has 0 spiro atoms. The van der Waals surface area contributed by atoms with E-state index in [0.29, 0.717) is 5.52 Å². The van der Waals surface area contributed by atoms with Crippen LogP contribution in [0.2, 0.25) is 0 Å². The maximum absolute atomic E-state index is 13.1. The number of benzene rings is 2. The molecule has 4 aromatic rings. The topological polar surface area (TPSA) is 124 Å². The third-order valence-corrected chi connectivity index (χ3v) is 4.79. The zero-order valence-electron chi connectivity index (χ0n) is 16.0. The number of nitrogens with one attached hydrogen (secondary N) is 4. The molecule has 0 saturated carbocycles. The third kappa shape index (κ3) is 3.60. The van der Waals surface area contributed by atoms with Crippen LogP contribution in [0.3, 0.4) is 0 Å². The van der Waals surface area contributed by atoms with Gasteiger partial charge in [-0.3, -0.25) is 30.0 Å². The van der Waals surface area contributed by atoms with Crippen molar-refractivity contribution in [3.8, 4) is 0 Å². The Balaban J connectivity index is 1.59. The molecule has 2 heterocycles. The quantitative estimate of drug-likeness (QED) is 0.356. The van der Waals surface area contributed by atoms with Crippen molar-refractivity contribution in [1.29, 1.82) is 0 Å². The molecule has 0 atom stereocenters. The summed E-state index contributed by atoms with van der Waals surface area (Å²) in [6.07, 6.45) is -2.70. The van der Waals surface area contributed by atoms with Gasteiger partial charge in [0.05, 0.1) is 11.1 Å². The number of carbonyl (C=O) groups is 2. The first kappa shape index (κ1) is 20.8. The number of carbonyl (C=O) groups excluding carboxylic acids is 2. The summed E-state index contributed by atoms with van der Waals surface area (Å²) in [6.45, 7) is 0. The molecule has 0 unspecified atom stereocenters. The summed E-state index contributed by atoms with van der Waals surface area (Å²) in [7, 11) is 0. The van der Waals surface area contributed by atoms with Crippen molar-refractivity contribution >= 4 is 33.6 Å². The van der Waals surface area contributed by atoms with E-state index in [-0.39, 0.29) is 16.3 Å². The second-order valence-corrected chi connectivity index (χ2v) is 6.74. The maximum Gasteiger partial charge on any atom is 0.418 e. The van der Waals surface area contributed by atoms with Gasteiger partial charge in [-0.25, -0.2) is 0 Å². The van der Waals surface area contributed by atoms with Gasteiger partial charge in [0.15, 0.2) is 0 Å². The van der Waals surface area contributed by atoms with Crippen molar-refractivity contribution in [3.63, 3.8) is 0 Å². The first-order valence-corrected chi connectivity index (χ1v) is 9.11. The van der Waals surface area contributed by atoms with Crippen molar-refractivity contribution in [2.24, 2.45) is 0 Å². The molecule has 0 fully saturated rings. The molecule has 2 aromatic carbocycles. The van der Waals surface area contributed by atoms with Crippen molar-refractivity contribution in [2.45, 2.75) is 6.18 Å². The molecular weight excluding hydrogens is 429 g/mol. The predicted octanol–water partition coefficient (Wildman–Crippen LogP) is 2.46. The highest BCUT2D eigenvalue weighted by atomic mass is 19.4. The Morgan fingerprint density at radius 3 is 1.97 bits per heavy atom. The van der Waals surface area contributed by atoms with E-state index in [4.69, 9.17) is 0 Å². The number of pyridine rings is 2. The van der Waals surface area contributed by atoms with E-state index in [9.17, 15) is 32.3 Å². The van der Waals surface area contributed by atoms with Crippen LogP contribution in [-0.4, -0.2) is 21.8 Å². The minimum Gasteiger partial charge on any atom is -0.360 e. The first-order valence-electron chi connectivity index (χ1n) is 9.11. The molecule has 0 aliphatic heterocycles. The Bertz CT molecular complexity index is 1510. The van der Waals surface area contributed by atoms with Crippen molar-refractivity contribution < 1.29 is 22.8 Å².